The minimum absolute atomic E-state index is 0.0606. The number of phenolic OH excluding ortho intramolecular Hbond substituents is 1. The molecule has 0 radical (unpaired) electrons. The predicted molar refractivity (Wildman–Crippen MR) is 108 cm³/mol. The summed E-state index contributed by atoms with van der Waals surface area (Å²) >= 11 is 0. The van der Waals surface area contributed by atoms with Crippen molar-refractivity contribution in [3.63, 3.8) is 0 Å². The Morgan fingerprint density at radius 2 is 1.79 bits per heavy atom. The molecule has 152 valence electrons. The highest BCUT2D eigenvalue weighted by atomic mass is 16.7. The molecule has 1 aliphatic heterocycles. The fourth-order valence-electron chi connectivity index (χ4n) is 4.49. The van der Waals surface area contributed by atoms with Gasteiger partial charge in [0.25, 0.3) is 0 Å². The number of hydrogen-bond acceptors (Lipinski definition) is 6. The highest BCUT2D eigenvalue weighted by Gasteiger charge is 2.47. The molecule has 0 saturated heterocycles. The Hall–Kier alpha value is -2.86. The minimum Gasteiger partial charge on any atom is -0.508 e. The van der Waals surface area contributed by atoms with Crippen molar-refractivity contribution in [1.82, 2.24) is 0 Å². The fraction of sp³-hybridized carbons (Fsp3) is 0.391. The lowest BCUT2D eigenvalue weighted by Crippen LogP contribution is -2.39. The number of aliphatic hydroxyl groups is 1. The summed E-state index contributed by atoms with van der Waals surface area (Å²) in [7, 11) is 0. The van der Waals surface area contributed by atoms with Crippen molar-refractivity contribution < 1.29 is 24.6 Å². The molecule has 1 heterocycles. The van der Waals surface area contributed by atoms with Crippen LogP contribution in [-0.4, -0.2) is 35.1 Å². The van der Waals surface area contributed by atoms with Crippen LogP contribution in [0, 0.1) is 0 Å². The maximum absolute atomic E-state index is 12.1. The first-order valence-electron chi connectivity index (χ1n) is 10.1. The second kappa shape index (κ2) is 7.52. The van der Waals surface area contributed by atoms with Gasteiger partial charge in [0.05, 0.1) is 24.3 Å². The van der Waals surface area contributed by atoms with Crippen molar-refractivity contribution in [3.8, 4) is 5.75 Å². The van der Waals surface area contributed by atoms with Crippen LogP contribution < -0.4 is 5.06 Å². The van der Waals surface area contributed by atoms with Gasteiger partial charge in [0.1, 0.15) is 5.75 Å². The summed E-state index contributed by atoms with van der Waals surface area (Å²) in [5.41, 5.74) is 3.36. The molecule has 6 nitrogen and oxygen atoms in total. The van der Waals surface area contributed by atoms with Gasteiger partial charge in [-0.3, -0.25) is 4.79 Å². The molecule has 1 aliphatic carbocycles. The normalized spacial score (nSPS) is 20.1. The Balaban J connectivity index is 1.80. The van der Waals surface area contributed by atoms with E-state index in [1.54, 1.807) is 19.1 Å². The average molecular weight is 395 g/mol. The predicted octanol–water partition coefficient (Wildman–Crippen LogP) is 2.81. The van der Waals surface area contributed by atoms with E-state index in [1.807, 2.05) is 24.3 Å². The van der Waals surface area contributed by atoms with E-state index < -0.39 is 17.2 Å². The number of carbonyl (C=O) groups is 2. The average Bonchev–Trinajstić information content (AvgIpc) is 3.07. The van der Waals surface area contributed by atoms with Crippen molar-refractivity contribution in [1.29, 1.82) is 0 Å². The molecule has 2 N–H and O–H groups in total. The van der Waals surface area contributed by atoms with E-state index in [2.05, 4.69) is 0 Å². The third-order valence-electron chi connectivity index (χ3n) is 6.09. The Morgan fingerprint density at radius 3 is 2.48 bits per heavy atom. The van der Waals surface area contributed by atoms with Crippen molar-refractivity contribution in [2.75, 3.05) is 18.2 Å². The summed E-state index contributed by atoms with van der Waals surface area (Å²) in [5, 5.41) is 22.7. The molecule has 1 atom stereocenters. The van der Waals surface area contributed by atoms with Crippen molar-refractivity contribution in [2.24, 2.45) is 0 Å². The van der Waals surface area contributed by atoms with Crippen molar-refractivity contribution in [2.45, 2.75) is 44.4 Å². The molecule has 0 bridgehead atoms. The van der Waals surface area contributed by atoms with E-state index in [4.69, 9.17) is 4.84 Å². The van der Waals surface area contributed by atoms with Gasteiger partial charge in [-0.2, -0.15) is 0 Å². The minimum atomic E-state index is -0.956. The van der Waals surface area contributed by atoms with Gasteiger partial charge in [-0.15, -0.1) is 0 Å². The van der Waals surface area contributed by atoms with Crippen molar-refractivity contribution >= 4 is 17.4 Å². The molecule has 0 spiro atoms. The van der Waals surface area contributed by atoms with Gasteiger partial charge in [0, 0.05) is 12.0 Å². The lowest BCUT2D eigenvalue weighted by molar-refractivity contribution is -0.154. The molecule has 6 heteroatoms. The highest BCUT2D eigenvalue weighted by Crippen LogP contribution is 2.48. The van der Waals surface area contributed by atoms with Crippen LogP contribution in [0.5, 0.6) is 5.75 Å². The first-order valence-corrected chi connectivity index (χ1v) is 10.1. The van der Waals surface area contributed by atoms with Crippen LogP contribution in [0.2, 0.25) is 0 Å². The van der Waals surface area contributed by atoms with Crippen LogP contribution >= 0.6 is 0 Å². The Bertz CT molecular complexity index is 970. The summed E-state index contributed by atoms with van der Waals surface area (Å²) in [4.78, 5) is 29.2. The lowest BCUT2D eigenvalue weighted by atomic mass is 9.74. The monoisotopic (exact) mass is 395 g/mol. The lowest BCUT2D eigenvalue weighted by Gasteiger charge is -2.31. The molecule has 0 amide bonds. The molecule has 2 aliphatic rings. The highest BCUT2D eigenvalue weighted by molar-refractivity contribution is 6.33. The second-order valence-corrected chi connectivity index (χ2v) is 7.79. The zero-order valence-electron chi connectivity index (χ0n) is 16.5. The van der Waals surface area contributed by atoms with Crippen molar-refractivity contribution in [3.05, 3.63) is 58.7 Å². The summed E-state index contributed by atoms with van der Waals surface area (Å²) in [6, 6.07) is 11.1. The van der Waals surface area contributed by atoms with Gasteiger partial charge in [0.15, 0.2) is 0 Å². The van der Waals surface area contributed by atoms with Crippen LogP contribution in [0.15, 0.2) is 36.4 Å². The Morgan fingerprint density at radius 1 is 1.10 bits per heavy atom. The van der Waals surface area contributed by atoms with Crippen LogP contribution in [0.3, 0.4) is 0 Å². The van der Waals surface area contributed by atoms with Gasteiger partial charge in [-0.1, -0.05) is 31.2 Å². The van der Waals surface area contributed by atoms with E-state index in [-0.39, 0.29) is 25.3 Å². The number of aryl methyl sites for hydroxylation is 2. The smallest absolute Gasteiger partial charge is 0.398 e. The second-order valence-electron chi connectivity index (χ2n) is 7.79. The van der Waals surface area contributed by atoms with E-state index in [9.17, 15) is 19.8 Å². The number of hydrogen-bond donors (Lipinski definition) is 2. The van der Waals surface area contributed by atoms with Crippen LogP contribution in [0.4, 0.5) is 5.69 Å². The number of Topliss-reactive ketones (excluding diaryl/α,β-unsaturated/α-hetero) is 1. The molecule has 1 unspecified atom stereocenters. The molecule has 2 aromatic rings. The molecule has 4 rings (SSSR count). The number of anilines is 1. The van der Waals surface area contributed by atoms with E-state index >= 15 is 0 Å². The maximum Gasteiger partial charge on any atom is 0.398 e. The van der Waals surface area contributed by atoms with Gasteiger partial charge in [-0.05, 0) is 54.5 Å². The van der Waals surface area contributed by atoms with Gasteiger partial charge in [0.2, 0.25) is 5.78 Å². The standard InChI is InChI=1S/C23H25NO5/c1-2-20(26)22(28)29-24-13-23(14-25,17-9-5-6-10-19(17)24)18-11-15-7-3-4-8-16(15)12-21(18)27/h5-6,9-12,25,27H,2-4,7-8,13-14H2,1H3. The van der Waals surface area contributed by atoms with Crippen LogP contribution in [-0.2, 0) is 32.7 Å². The molecular formula is C23H25NO5. The number of rotatable bonds is 5. The van der Waals surface area contributed by atoms with Crippen LogP contribution in [0.25, 0.3) is 0 Å². The number of benzene rings is 2. The van der Waals surface area contributed by atoms with E-state index in [0.29, 0.717) is 11.3 Å². The number of para-hydroxylation sites is 1. The number of carbonyl (C=O) groups excluding carboxylic acids is 2. The number of fused-ring (bicyclic) bond motifs is 2. The fourth-order valence-corrected chi connectivity index (χ4v) is 4.49. The largest absolute Gasteiger partial charge is 0.508 e. The molecular weight excluding hydrogens is 370 g/mol. The zero-order chi connectivity index (χ0) is 20.6. The number of aromatic hydroxyl groups is 1. The topological polar surface area (TPSA) is 87.1 Å². The van der Waals surface area contributed by atoms with Gasteiger partial charge in [-0.25, -0.2) is 9.86 Å². The molecule has 0 aromatic heterocycles. The quantitative estimate of drug-likeness (QED) is 0.757. The number of hydroxylamine groups is 1. The summed E-state index contributed by atoms with van der Waals surface area (Å²) in [6.45, 7) is 1.45. The number of nitrogens with zero attached hydrogens (tertiary/aromatic N) is 1. The number of ketones is 1. The summed E-state index contributed by atoms with van der Waals surface area (Å²) in [6.07, 6.45) is 4.15. The van der Waals surface area contributed by atoms with Gasteiger partial charge < -0.3 is 15.1 Å². The molecule has 29 heavy (non-hydrogen) atoms. The number of aliphatic hydroxyl groups excluding tert-OH is 1. The Kier molecular flexibility index (Phi) is 5.04. The first-order chi connectivity index (χ1) is 14.0. The molecule has 2 aromatic carbocycles. The summed E-state index contributed by atoms with van der Waals surface area (Å²) < 4.78 is 0. The third kappa shape index (κ3) is 3.17. The number of phenols is 1. The van der Waals surface area contributed by atoms with E-state index in [1.165, 1.54) is 10.6 Å². The molecule has 0 saturated carbocycles. The SMILES string of the molecule is CCC(=O)C(=O)ON1CC(CO)(c2cc3c(cc2O)CCCC3)c2ccccc21. The van der Waals surface area contributed by atoms with Gasteiger partial charge >= 0.3 is 5.97 Å². The first kappa shape index (κ1) is 19.5. The third-order valence-corrected chi connectivity index (χ3v) is 6.09. The van der Waals surface area contributed by atoms with E-state index in [0.717, 1.165) is 36.8 Å². The summed E-state index contributed by atoms with van der Waals surface area (Å²) in [5.74, 6) is -1.40. The molecule has 0 fully saturated rings. The maximum atomic E-state index is 12.1. The zero-order valence-corrected chi connectivity index (χ0v) is 16.5. The Labute approximate surface area is 169 Å². The van der Waals surface area contributed by atoms with Crippen LogP contribution in [0.1, 0.15) is 48.4 Å².